The van der Waals surface area contributed by atoms with Crippen molar-refractivity contribution in [3.8, 4) is 11.5 Å². The van der Waals surface area contributed by atoms with Gasteiger partial charge in [0.05, 0.1) is 6.42 Å². The van der Waals surface area contributed by atoms with Crippen LogP contribution in [0.25, 0.3) is 11.5 Å². The normalized spacial score (nSPS) is 13.9. The molecule has 0 aromatic carbocycles. The Morgan fingerprint density at radius 2 is 2.22 bits per heavy atom. The second-order valence-electron chi connectivity index (χ2n) is 4.58. The Balaban J connectivity index is 2.17. The van der Waals surface area contributed by atoms with E-state index < -0.39 is 16.7 Å². The molecule has 2 rings (SSSR count). The number of hydrogen-bond acceptors (Lipinski definition) is 8. The molecule has 0 radical (unpaired) electrons. The van der Waals surface area contributed by atoms with Gasteiger partial charge in [0, 0.05) is 5.38 Å². The maximum Gasteiger partial charge on any atom is 0.212 e. The molecule has 0 bridgehead atoms. The van der Waals surface area contributed by atoms with Crippen molar-refractivity contribution in [3.63, 3.8) is 0 Å². The van der Waals surface area contributed by atoms with Gasteiger partial charge in [0.25, 0.3) is 0 Å². The fraction of sp³-hybridized carbons (Fsp3) is 0.273. The van der Waals surface area contributed by atoms with Crippen molar-refractivity contribution in [2.45, 2.75) is 12.2 Å². The van der Waals surface area contributed by atoms with Gasteiger partial charge in [0.15, 0.2) is 11.7 Å². The van der Waals surface area contributed by atoms with E-state index >= 15 is 0 Å². The van der Waals surface area contributed by atoms with Crippen molar-refractivity contribution < 1.29 is 12.8 Å². The smallest absolute Gasteiger partial charge is 0.212 e. The van der Waals surface area contributed by atoms with Crippen molar-refractivity contribution in [1.29, 1.82) is 0 Å². The first-order chi connectivity index (χ1) is 10.8. The number of aliphatic imine (C=N–C) groups is 1. The molecule has 0 fully saturated rings. The highest BCUT2D eigenvalue weighted by Gasteiger charge is 2.25. The quantitative estimate of drug-likeness (QED) is 0.155. The lowest BCUT2D eigenvalue weighted by Gasteiger charge is -2.26. The number of nitrogens with one attached hydrogen (secondary N) is 2. The van der Waals surface area contributed by atoms with Gasteiger partial charge >= 0.3 is 0 Å². The summed E-state index contributed by atoms with van der Waals surface area (Å²) in [4.78, 5) is 8.07. The van der Waals surface area contributed by atoms with Gasteiger partial charge in [-0.2, -0.15) is 9.71 Å². The number of thiol groups is 1. The number of hydrogen-bond donors (Lipinski definition) is 6. The molecule has 23 heavy (non-hydrogen) atoms. The van der Waals surface area contributed by atoms with Gasteiger partial charge < -0.3 is 15.9 Å². The van der Waals surface area contributed by atoms with Crippen molar-refractivity contribution in [1.82, 2.24) is 15.0 Å². The Morgan fingerprint density at radius 1 is 1.48 bits per heavy atom. The van der Waals surface area contributed by atoms with Gasteiger partial charge in [0.2, 0.25) is 16.0 Å². The summed E-state index contributed by atoms with van der Waals surface area (Å²) in [6.07, 6.45) is 0.109. The molecule has 126 valence electrons. The van der Waals surface area contributed by atoms with E-state index in [9.17, 15) is 8.42 Å². The van der Waals surface area contributed by atoms with Crippen LogP contribution < -0.4 is 27.2 Å². The van der Waals surface area contributed by atoms with Crippen LogP contribution in [-0.2, 0) is 17.3 Å². The van der Waals surface area contributed by atoms with E-state index in [4.69, 9.17) is 21.6 Å². The molecule has 10 nitrogen and oxygen atoms in total. The molecule has 2 aromatic rings. The minimum atomic E-state index is -2.86. The molecule has 2 aromatic heterocycles. The molecule has 2 heterocycles. The molecule has 0 saturated carbocycles. The minimum absolute atomic E-state index is 0.0780. The zero-order valence-corrected chi connectivity index (χ0v) is 13.9. The van der Waals surface area contributed by atoms with Crippen LogP contribution >= 0.6 is 11.3 Å². The summed E-state index contributed by atoms with van der Waals surface area (Å²) in [6.45, 7) is 0. The molecule has 0 aliphatic heterocycles. The highest BCUT2D eigenvalue weighted by Crippen LogP contribution is 2.28. The van der Waals surface area contributed by atoms with E-state index in [0.29, 0.717) is 22.3 Å². The van der Waals surface area contributed by atoms with Crippen LogP contribution in [0.5, 0.6) is 0 Å². The average Bonchev–Trinajstić information content (AvgIpc) is 3.06. The van der Waals surface area contributed by atoms with Crippen LogP contribution in [-0.4, -0.2) is 32.2 Å². The second-order valence-corrected chi connectivity index (χ2v) is 6.16. The van der Waals surface area contributed by atoms with E-state index in [-0.39, 0.29) is 12.4 Å². The topological polar surface area (TPSA) is 175 Å². The molecule has 8 N–H and O–H groups in total. The average molecular weight is 359 g/mol. The zero-order valence-electron chi connectivity index (χ0n) is 12.1. The predicted octanol–water partition coefficient (Wildman–Crippen LogP) is -1.20. The van der Waals surface area contributed by atoms with Crippen LogP contribution in [0, 0.1) is 0 Å². The Hall–Kier alpha value is -1.99. The maximum absolute atomic E-state index is 10.8. The van der Waals surface area contributed by atoms with Crippen molar-refractivity contribution in [3.05, 3.63) is 23.3 Å². The lowest BCUT2D eigenvalue weighted by atomic mass is 10.2. The summed E-state index contributed by atoms with van der Waals surface area (Å²) >= 11 is 1.26. The van der Waals surface area contributed by atoms with Crippen molar-refractivity contribution in [2.24, 2.45) is 22.2 Å². The van der Waals surface area contributed by atoms with Crippen LogP contribution in [0.4, 0.5) is 5.13 Å². The number of aromatic nitrogens is 1. The lowest BCUT2D eigenvalue weighted by Crippen LogP contribution is -2.63. The van der Waals surface area contributed by atoms with Crippen molar-refractivity contribution >= 4 is 33.3 Å². The third-order valence-electron chi connectivity index (χ3n) is 2.82. The Bertz CT molecular complexity index is 770. The number of nitrogens with zero attached hydrogens (tertiary/aromatic N) is 2. The Labute approximate surface area is 137 Å². The van der Waals surface area contributed by atoms with Gasteiger partial charge in [-0.1, -0.05) is 0 Å². The summed E-state index contributed by atoms with van der Waals surface area (Å²) < 4.78 is 29.5. The van der Waals surface area contributed by atoms with E-state index in [2.05, 4.69) is 20.0 Å². The predicted molar refractivity (Wildman–Crippen MR) is 88.4 cm³/mol. The SMILES string of the molecule is CNC(N)(Cc1ccc(-c2csc(N=C(N)N)n2)o1)N[SH](=O)=O. The summed E-state index contributed by atoms with van der Waals surface area (Å²) in [7, 11) is -1.32. The first-order valence-electron chi connectivity index (χ1n) is 6.35. The van der Waals surface area contributed by atoms with Gasteiger partial charge in [-0.25, -0.2) is 13.4 Å². The molecule has 0 spiro atoms. The van der Waals surface area contributed by atoms with E-state index in [1.807, 2.05) is 0 Å². The highest BCUT2D eigenvalue weighted by molar-refractivity contribution is 7.70. The highest BCUT2D eigenvalue weighted by atomic mass is 32.2. The molecule has 1 unspecified atom stereocenters. The third kappa shape index (κ3) is 4.74. The van der Waals surface area contributed by atoms with Gasteiger partial charge in [0.1, 0.15) is 17.2 Å². The largest absolute Gasteiger partial charge is 0.459 e. The van der Waals surface area contributed by atoms with Gasteiger partial charge in [-0.15, -0.1) is 11.3 Å². The molecule has 0 amide bonds. The fourth-order valence-corrected chi connectivity index (χ4v) is 2.98. The first-order valence-corrected chi connectivity index (χ1v) is 8.41. The summed E-state index contributed by atoms with van der Waals surface area (Å²) in [6, 6.07) is 3.39. The number of rotatable bonds is 7. The van der Waals surface area contributed by atoms with Gasteiger partial charge in [-0.3, -0.25) is 11.1 Å². The third-order valence-corrected chi connectivity index (χ3v) is 4.14. The standard InChI is InChI=1S/C11H17N7O3S2/c1-15-11(14,18-23(19)20)4-6-2-3-8(21-6)7-5-22-10(16-7)17-9(12)13/h2-3,5,15,23H,4,14H2,1H3,(H,18,19,20)(H4,12,13,16,17). The van der Waals surface area contributed by atoms with Crippen LogP contribution in [0.2, 0.25) is 0 Å². The van der Waals surface area contributed by atoms with E-state index in [0.717, 1.165) is 0 Å². The molecule has 0 saturated heterocycles. The molecule has 0 aliphatic rings. The number of thiazole rings is 1. The van der Waals surface area contributed by atoms with Crippen LogP contribution in [0.1, 0.15) is 5.76 Å². The number of guanidine groups is 1. The second kappa shape index (κ2) is 7.06. The molecular weight excluding hydrogens is 342 g/mol. The number of likely N-dealkylation sites (N-methyl/N-ethyl adjacent to an activating group) is 1. The summed E-state index contributed by atoms with van der Waals surface area (Å²) in [5.74, 6) is -0.433. The molecule has 0 aliphatic carbocycles. The lowest BCUT2D eigenvalue weighted by molar-refractivity contribution is 0.312. The zero-order chi connectivity index (χ0) is 17.0. The minimum Gasteiger partial charge on any atom is -0.459 e. The maximum atomic E-state index is 10.8. The van der Waals surface area contributed by atoms with E-state index in [1.54, 1.807) is 17.5 Å². The Kier molecular flexibility index (Phi) is 5.33. The monoisotopic (exact) mass is 359 g/mol. The van der Waals surface area contributed by atoms with Crippen LogP contribution in [0.3, 0.4) is 0 Å². The number of nitrogens with two attached hydrogens (primary N) is 3. The molecule has 12 heteroatoms. The molecular formula is C11H17N7O3S2. The summed E-state index contributed by atoms with van der Waals surface area (Å²) in [5, 5.41) is 4.85. The number of furan rings is 1. The van der Waals surface area contributed by atoms with Crippen LogP contribution in [0.15, 0.2) is 26.9 Å². The first kappa shape index (κ1) is 17.4. The summed E-state index contributed by atoms with van der Waals surface area (Å²) in [5.41, 5.74) is 17.1. The molecule has 1 atom stereocenters. The van der Waals surface area contributed by atoms with E-state index in [1.165, 1.54) is 18.4 Å². The van der Waals surface area contributed by atoms with Crippen molar-refractivity contribution in [2.75, 3.05) is 7.05 Å². The fourth-order valence-electron chi connectivity index (χ4n) is 1.77. The Morgan fingerprint density at radius 3 is 2.83 bits per heavy atom. The van der Waals surface area contributed by atoms with Gasteiger partial charge in [-0.05, 0) is 19.2 Å².